The zero-order chi connectivity index (χ0) is 11.9. The van der Waals surface area contributed by atoms with Crippen molar-refractivity contribution in [2.24, 2.45) is 21.4 Å². The number of amides is 1. The van der Waals surface area contributed by atoms with Gasteiger partial charge in [-0.25, -0.2) is 0 Å². The predicted octanol–water partition coefficient (Wildman–Crippen LogP) is 2.37. The van der Waals surface area contributed by atoms with Gasteiger partial charge in [-0.3, -0.25) is 4.79 Å². The second-order valence-corrected chi connectivity index (χ2v) is 4.68. The quantitative estimate of drug-likeness (QED) is 0.790. The van der Waals surface area contributed by atoms with Crippen molar-refractivity contribution >= 4 is 5.91 Å². The molecule has 1 aliphatic heterocycles. The number of hydrogen-bond donors (Lipinski definition) is 1. The Morgan fingerprint density at radius 1 is 1.53 bits per heavy atom. The van der Waals surface area contributed by atoms with Crippen molar-refractivity contribution in [3.05, 3.63) is 47.3 Å². The van der Waals surface area contributed by atoms with Gasteiger partial charge in [-0.05, 0) is 24.5 Å². The molecule has 1 heterocycles. The Morgan fingerprint density at radius 3 is 3.24 bits per heavy atom. The molecule has 0 saturated heterocycles. The Kier molecular flexibility index (Phi) is 2.11. The molecule has 0 aromatic heterocycles. The highest BCUT2D eigenvalue weighted by molar-refractivity contribution is 5.74. The summed E-state index contributed by atoms with van der Waals surface area (Å²) in [6, 6.07) is 0. The summed E-state index contributed by atoms with van der Waals surface area (Å²) in [6.07, 6.45) is 12.2. The van der Waals surface area contributed by atoms with Gasteiger partial charge in [0, 0.05) is 17.4 Å². The first-order valence-corrected chi connectivity index (χ1v) is 5.70. The molecule has 4 heteroatoms. The van der Waals surface area contributed by atoms with Crippen LogP contribution in [0.25, 0.3) is 0 Å². The summed E-state index contributed by atoms with van der Waals surface area (Å²) in [5.41, 5.74) is 8.50. The molecule has 0 fully saturated rings. The molecule has 1 atom stereocenters. The number of nitrogens with two attached hydrogens (primary N) is 1. The third-order valence-corrected chi connectivity index (χ3v) is 3.59. The lowest BCUT2D eigenvalue weighted by molar-refractivity contribution is -0.118. The molecule has 1 unspecified atom stereocenters. The van der Waals surface area contributed by atoms with Crippen LogP contribution in [-0.2, 0) is 4.79 Å². The maximum Gasteiger partial charge on any atom is 0.217 e. The number of carbonyl (C=O) groups is 1. The van der Waals surface area contributed by atoms with E-state index < -0.39 is 0 Å². The Hall–Kier alpha value is -1.97. The van der Waals surface area contributed by atoms with Crippen molar-refractivity contribution < 1.29 is 4.79 Å². The van der Waals surface area contributed by atoms with Gasteiger partial charge in [-0.2, -0.15) is 10.2 Å². The number of hydrogen-bond acceptors (Lipinski definition) is 3. The molecule has 86 valence electrons. The first-order chi connectivity index (χ1) is 8.20. The molecule has 0 bridgehead atoms. The van der Waals surface area contributed by atoms with Crippen molar-refractivity contribution in [3.63, 3.8) is 0 Å². The molecule has 0 aromatic rings. The van der Waals surface area contributed by atoms with E-state index in [1.807, 2.05) is 6.08 Å². The highest BCUT2D eigenvalue weighted by atomic mass is 16.1. The number of nitrogens with zero attached hydrogens (tertiary/aromatic N) is 2. The average Bonchev–Trinajstić information content (AvgIpc) is 2.88. The second kappa shape index (κ2) is 3.52. The number of azo groups is 1. The largest absolute Gasteiger partial charge is 0.370 e. The molecule has 2 N–H and O–H groups in total. The fourth-order valence-electron chi connectivity index (χ4n) is 2.65. The van der Waals surface area contributed by atoms with Crippen LogP contribution >= 0.6 is 0 Å². The molecular formula is C13H13N3O. The minimum atomic E-state index is -0.247. The minimum absolute atomic E-state index is 0.0697. The van der Waals surface area contributed by atoms with Gasteiger partial charge in [0.1, 0.15) is 0 Å². The number of carbonyl (C=O) groups excluding carboxylic acids is 1. The zero-order valence-corrected chi connectivity index (χ0v) is 9.39. The highest BCUT2D eigenvalue weighted by Gasteiger charge is 2.38. The first kappa shape index (κ1) is 10.2. The molecule has 17 heavy (non-hydrogen) atoms. The third-order valence-electron chi connectivity index (χ3n) is 3.59. The van der Waals surface area contributed by atoms with Crippen molar-refractivity contribution in [2.45, 2.75) is 19.3 Å². The molecule has 3 aliphatic rings. The Balaban J connectivity index is 1.92. The van der Waals surface area contributed by atoms with Gasteiger partial charge in [0.05, 0.1) is 11.9 Å². The van der Waals surface area contributed by atoms with Gasteiger partial charge >= 0.3 is 0 Å². The topological polar surface area (TPSA) is 67.8 Å². The van der Waals surface area contributed by atoms with E-state index >= 15 is 0 Å². The number of primary amides is 1. The second-order valence-electron chi connectivity index (χ2n) is 4.68. The van der Waals surface area contributed by atoms with E-state index in [0.29, 0.717) is 6.42 Å². The molecule has 1 amide bonds. The van der Waals surface area contributed by atoms with E-state index in [2.05, 4.69) is 28.5 Å². The summed E-state index contributed by atoms with van der Waals surface area (Å²) < 4.78 is 0. The molecule has 0 radical (unpaired) electrons. The van der Waals surface area contributed by atoms with Gasteiger partial charge in [0.2, 0.25) is 5.91 Å². The lowest BCUT2D eigenvalue weighted by atomic mass is 9.70. The smallest absolute Gasteiger partial charge is 0.217 e. The van der Waals surface area contributed by atoms with Crippen molar-refractivity contribution in [1.82, 2.24) is 0 Å². The van der Waals surface area contributed by atoms with Gasteiger partial charge < -0.3 is 5.73 Å². The van der Waals surface area contributed by atoms with Crippen LogP contribution in [0.3, 0.4) is 0 Å². The summed E-state index contributed by atoms with van der Waals surface area (Å²) >= 11 is 0. The summed E-state index contributed by atoms with van der Waals surface area (Å²) in [4.78, 5) is 11.0. The number of allylic oxidation sites excluding steroid dienone is 6. The van der Waals surface area contributed by atoms with Crippen molar-refractivity contribution in [1.29, 1.82) is 0 Å². The van der Waals surface area contributed by atoms with E-state index in [0.717, 1.165) is 24.1 Å². The predicted molar refractivity (Wildman–Crippen MR) is 63.7 cm³/mol. The van der Waals surface area contributed by atoms with E-state index in [-0.39, 0.29) is 11.3 Å². The van der Waals surface area contributed by atoms with E-state index in [1.54, 1.807) is 6.20 Å². The van der Waals surface area contributed by atoms with E-state index in [4.69, 9.17) is 5.73 Å². The molecule has 0 saturated carbocycles. The third kappa shape index (κ3) is 1.56. The van der Waals surface area contributed by atoms with Crippen LogP contribution < -0.4 is 5.73 Å². The van der Waals surface area contributed by atoms with E-state index in [9.17, 15) is 4.79 Å². The zero-order valence-electron chi connectivity index (χ0n) is 9.39. The van der Waals surface area contributed by atoms with Crippen LogP contribution in [-0.4, -0.2) is 5.91 Å². The Bertz CT molecular complexity index is 537. The van der Waals surface area contributed by atoms with Gasteiger partial charge in [-0.1, -0.05) is 18.2 Å². The Morgan fingerprint density at radius 2 is 2.41 bits per heavy atom. The standard InChI is InChI=1S/C13H13N3O/c14-12(17)3-5-13-4-1-2-10(13)6-11-9(7-13)8-15-16-11/h1-2,4,6,8H,3,5,7H2,(H2,14,17). The fourth-order valence-corrected chi connectivity index (χ4v) is 2.65. The molecule has 3 rings (SSSR count). The maximum absolute atomic E-state index is 11.0. The van der Waals surface area contributed by atoms with Crippen LogP contribution in [0.1, 0.15) is 19.3 Å². The highest BCUT2D eigenvalue weighted by Crippen LogP contribution is 2.50. The number of rotatable bonds is 3. The summed E-state index contributed by atoms with van der Waals surface area (Å²) in [5.74, 6) is -0.247. The number of fused-ring (bicyclic) bond motifs is 2. The first-order valence-electron chi connectivity index (χ1n) is 5.70. The molecule has 4 nitrogen and oxygen atoms in total. The molecule has 2 aliphatic carbocycles. The molecule has 0 aromatic carbocycles. The molecule has 0 spiro atoms. The average molecular weight is 227 g/mol. The Labute approximate surface area is 99.3 Å². The van der Waals surface area contributed by atoms with Crippen LogP contribution in [0.4, 0.5) is 0 Å². The van der Waals surface area contributed by atoms with Gasteiger partial charge in [-0.15, -0.1) is 0 Å². The minimum Gasteiger partial charge on any atom is -0.370 e. The maximum atomic E-state index is 11.0. The lowest BCUT2D eigenvalue weighted by Gasteiger charge is -2.33. The normalized spacial score (nSPS) is 28.4. The van der Waals surface area contributed by atoms with Gasteiger partial charge in [0.15, 0.2) is 0 Å². The SMILES string of the molecule is NC(=O)CCC12C=CC=C1C=C1N=NC=C1C2. The van der Waals surface area contributed by atoms with Crippen LogP contribution in [0, 0.1) is 5.41 Å². The molecular weight excluding hydrogens is 214 g/mol. The van der Waals surface area contributed by atoms with Crippen LogP contribution in [0.15, 0.2) is 57.6 Å². The van der Waals surface area contributed by atoms with Crippen molar-refractivity contribution in [2.75, 3.05) is 0 Å². The van der Waals surface area contributed by atoms with Gasteiger partial charge in [0.25, 0.3) is 0 Å². The fraction of sp³-hybridized carbons (Fsp3) is 0.308. The summed E-state index contributed by atoms with van der Waals surface area (Å²) in [6.45, 7) is 0. The van der Waals surface area contributed by atoms with Crippen LogP contribution in [0.5, 0.6) is 0 Å². The van der Waals surface area contributed by atoms with Crippen molar-refractivity contribution in [3.8, 4) is 0 Å². The van der Waals surface area contributed by atoms with E-state index in [1.165, 1.54) is 5.57 Å². The lowest BCUT2D eigenvalue weighted by Crippen LogP contribution is -2.25. The van der Waals surface area contributed by atoms with Crippen LogP contribution in [0.2, 0.25) is 0 Å². The monoisotopic (exact) mass is 227 g/mol. The summed E-state index contributed by atoms with van der Waals surface area (Å²) in [7, 11) is 0. The summed E-state index contributed by atoms with van der Waals surface area (Å²) in [5, 5.41) is 8.01.